The molecule has 0 unspecified atom stereocenters. The lowest BCUT2D eigenvalue weighted by atomic mass is 10.2. The SMILES string of the molecule is c1cncc(-c2cnc3n2NC(=NCc2ccco2)C3)c1. The molecule has 21 heavy (non-hydrogen) atoms. The van der Waals surface area contributed by atoms with E-state index in [2.05, 4.69) is 20.4 Å². The summed E-state index contributed by atoms with van der Waals surface area (Å²) in [6, 6.07) is 7.70. The van der Waals surface area contributed by atoms with Crippen LogP contribution in [0.1, 0.15) is 11.6 Å². The average Bonchev–Trinajstić information content (AvgIpc) is 3.22. The molecule has 0 saturated carbocycles. The van der Waals surface area contributed by atoms with Gasteiger partial charge in [-0.3, -0.25) is 15.4 Å². The Morgan fingerprint density at radius 3 is 3.10 bits per heavy atom. The molecule has 0 aliphatic carbocycles. The molecule has 6 nitrogen and oxygen atoms in total. The van der Waals surface area contributed by atoms with Crippen LogP contribution >= 0.6 is 0 Å². The second-order valence-corrected chi connectivity index (χ2v) is 4.77. The van der Waals surface area contributed by atoms with Crippen molar-refractivity contribution in [3.05, 3.63) is 60.7 Å². The summed E-state index contributed by atoms with van der Waals surface area (Å²) >= 11 is 0. The summed E-state index contributed by atoms with van der Waals surface area (Å²) in [5.74, 6) is 2.69. The van der Waals surface area contributed by atoms with Crippen LogP contribution in [-0.2, 0) is 13.0 Å². The molecule has 0 radical (unpaired) electrons. The highest BCUT2D eigenvalue weighted by Gasteiger charge is 2.21. The molecule has 6 heteroatoms. The maximum atomic E-state index is 5.28. The fourth-order valence-electron chi connectivity index (χ4n) is 2.34. The molecule has 0 aromatic carbocycles. The number of imidazole rings is 1. The topological polar surface area (TPSA) is 68.2 Å². The summed E-state index contributed by atoms with van der Waals surface area (Å²) in [6.45, 7) is 0.530. The van der Waals surface area contributed by atoms with Gasteiger partial charge in [0.1, 0.15) is 17.4 Å². The fourth-order valence-corrected chi connectivity index (χ4v) is 2.34. The monoisotopic (exact) mass is 279 g/mol. The highest BCUT2D eigenvalue weighted by atomic mass is 16.3. The van der Waals surface area contributed by atoms with Crippen LogP contribution in [0.25, 0.3) is 11.3 Å². The first kappa shape index (κ1) is 11.9. The molecule has 4 rings (SSSR count). The molecule has 0 atom stereocenters. The van der Waals surface area contributed by atoms with E-state index in [1.54, 1.807) is 12.5 Å². The van der Waals surface area contributed by atoms with Crippen LogP contribution in [0.4, 0.5) is 0 Å². The zero-order valence-corrected chi connectivity index (χ0v) is 11.2. The van der Waals surface area contributed by atoms with Gasteiger partial charge in [-0.2, -0.15) is 0 Å². The maximum Gasteiger partial charge on any atom is 0.136 e. The molecule has 0 spiro atoms. The Morgan fingerprint density at radius 2 is 2.29 bits per heavy atom. The lowest BCUT2D eigenvalue weighted by Gasteiger charge is -2.06. The molecule has 104 valence electrons. The molecule has 1 aliphatic rings. The zero-order valence-electron chi connectivity index (χ0n) is 11.2. The van der Waals surface area contributed by atoms with Crippen molar-refractivity contribution in [1.82, 2.24) is 14.6 Å². The Labute approximate surface area is 121 Å². The first-order valence-corrected chi connectivity index (χ1v) is 6.70. The molecule has 3 aromatic rings. The van der Waals surface area contributed by atoms with Crippen molar-refractivity contribution in [2.75, 3.05) is 5.43 Å². The number of rotatable bonds is 3. The average molecular weight is 279 g/mol. The second kappa shape index (κ2) is 4.90. The van der Waals surface area contributed by atoms with E-state index >= 15 is 0 Å². The van der Waals surface area contributed by atoms with Gasteiger partial charge in [0.15, 0.2) is 0 Å². The molecule has 0 bridgehead atoms. The van der Waals surface area contributed by atoms with E-state index in [1.165, 1.54) is 0 Å². The first-order valence-electron chi connectivity index (χ1n) is 6.70. The molecule has 1 aliphatic heterocycles. The summed E-state index contributed by atoms with van der Waals surface area (Å²) in [4.78, 5) is 13.1. The quantitative estimate of drug-likeness (QED) is 0.798. The number of hydrogen-bond acceptors (Lipinski definition) is 4. The molecule has 0 fully saturated rings. The largest absolute Gasteiger partial charge is 0.467 e. The van der Waals surface area contributed by atoms with E-state index in [0.717, 1.165) is 28.7 Å². The Morgan fingerprint density at radius 1 is 1.29 bits per heavy atom. The third-order valence-electron chi connectivity index (χ3n) is 3.36. The van der Waals surface area contributed by atoms with Crippen molar-refractivity contribution in [3.63, 3.8) is 0 Å². The standard InChI is InChI=1S/C15H13N5O/c1-3-11(8-16-5-1)13-10-18-15-7-14(19-20(13)15)17-9-12-4-2-6-21-12/h1-6,8,10H,7,9H2,(H,17,19). The first-order chi connectivity index (χ1) is 10.4. The van der Waals surface area contributed by atoms with Crippen molar-refractivity contribution in [2.45, 2.75) is 13.0 Å². The van der Waals surface area contributed by atoms with Gasteiger partial charge in [-0.15, -0.1) is 0 Å². The predicted octanol–water partition coefficient (Wildman–Crippen LogP) is 2.24. The number of aromatic nitrogens is 3. The van der Waals surface area contributed by atoms with Gasteiger partial charge in [0.2, 0.25) is 0 Å². The van der Waals surface area contributed by atoms with Crippen LogP contribution in [0, 0.1) is 0 Å². The van der Waals surface area contributed by atoms with E-state index in [9.17, 15) is 0 Å². The van der Waals surface area contributed by atoms with E-state index < -0.39 is 0 Å². The van der Waals surface area contributed by atoms with Crippen molar-refractivity contribution >= 4 is 5.84 Å². The molecule has 0 amide bonds. The van der Waals surface area contributed by atoms with Crippen LogP contribution in [-0.4, -0.2) is 20.5 Å². The van der Waals surface area contributed by atoms with E-state index in [-0.39, 0.29) is 0 Å². The van der Waals surface area contributed by atoms with Gasteiger partial charge in [-0.05, 0) is 24.3 Å². The number of nitrogens with one attached hydrogen (secondary N) is 1. The zero-order chi connectivity index (χ0) is 14.1. The second-order valence-electron chi connectivity index (χ2n) is 4.77. The maximum absolute atomic E-state index is 5.28. The van der Waals surface area contributed by atoms with Crippen molar-refractivity contribution in [2.24, 2.45) is 4.99 Å². The van der Waals surface area contributed by atoms with Crippen LogP contribution in [0.2, 0.25) is 0 Å². The van der Waals surface area contributed by atoms with E-state index in [4.69, 9.17) is 4.42 Å². The minimum Gasteiger partial charge on any atom is -0.467 e. The Bertz CT molecular complexity index is 774. The van der Waals surface area contributed by atoms with Gasteiger partial charge in [0.25, 0.3) is 0 Å². The van der Waals surface area contributed by atoms with Crippen LogP contribution in [0.3, 0.4) is 0 Å². The van der Waals surface area contributed by atoms with E-state index in [0.29, 0.717) is 13.0 Å². The molecule has 0 saturated heterocycles. The minimum atomic E-state index is 0.530. The summed E-state index contributed by atoms with van der Waals surface area (Å²) in [6.07, 6.45) is 7.78. The lowest BCUT2D eigenvalue weighted by Crippen LogP contribution is -2.16. The number of aliphatic imine (C=N–C) groups is 1. The number of pyridine rings is 1. The number of hydrogen-bond donors (Lipinski definition) is 1. The van der Waals surface area contributed by atoms with Crippen molar-refractivity contribution < 1.29 is 4.42 Å². The molecular weight excluding hydrogens is 266 g/mol. The number of nitrogens with zero attached hydrogens (tertiary/aromatic N) is 4. The predicted molar refractivity (Wildman–Crippen MR) is 78.4 cm³/mol. The third kappa shape index (κ3) is 2.20. The Balaban J connectivity index is 1.57. The van der Waals surface area contributed by atoms with Crippen LogP contribution in [0.15, 0.2) is 58.5 Å². The normalized spacial score (nSPS) is 15.1. The highest BCUT2D eigenvalue weighted by Crippen LogP contribution is 2.21. The highest BCUT2D eigenvalue weighted by molar-refractivity contribution is 5.94. The van der Waals surface area contributed by atoms with Gasteiger partial charge in [-0.1, -0.05) is 0 Å². The fraction of sp³-hybridized carbons (Fsp3) is 0.133. The number of amidine groups is 1. The van der Waals surface area contributed by atoms with Crippen molar-refractivity contribution in [3.8, 4) is 11.3 Å². The number of furan rings is 1. The lowest BCUT2D eigenvalue weighted by molar-refractivity contribution is 0.512. The molecule has 4 heterocycles. The molecular formula is C15H13N5O. The smallest absolute Gasteiger partial charge is 0.136 e. The van der Waals surface area contributed by atoms with Gasteiger partial charge in [-0.25, -0.2) is 9.66 Å². The van der Waals surface area contributed by atoms with Crippen LogP contribution < -0.4 is 5.43 Å². The minimum absolute atomic E-state index is 0.530. The Hall–Kier alpha value is -2.89. The van der Waals surface area contributed by atoms with Crippen molar-refractivity contribution in [1.29, 1.82) is 0 Å². The molecule has 3 aromatic heterocycles. The summed E-state index contributed by atoms with van der Waals surface area (Å²) in [7, 11) is 0. The third-order valence-corrected chi connectivity index (χ3v) is 3.36. The van der Waals surface area contributed by atoms with Gasteiger partial charge in [0, 0.05) is 18.0 Å². The van der Waals surface area contributed by atoms with Crippen LogP contribution in [0.5, 0.6) is 0 Å². The van der Waals surface area contributed by atoms with Gasteiger partial charge in [0.05, 0.1) is 31.1 Å². The summed E-state index contributed by atoms with van der Waals surface area (Å²) < 4.78 is 7.24. The van der Waals surface area contributed by atoms with Gasteiger partial charge >= 0.3 is 0 Å². The van der Waals surface area contributed by atoms with Gasteiger partial charge < -0.3 is 4.42 Å². The summed E-state index contributed by atoms with van der Waals surface area (Å²) in [5.41, 5.74) is 5.29. The Kier molecular flexibility index (Phi) is 2.77. The number of fused-ring (bicyclic) bond motifs is 1. The summed E-state index contributed by atoms with van der Waals surface area (Å²) in [5, 5.41) is 0. The molecule has 1 N–H and O–H groups in total. The van der Waals surface area contributed by atoms with E-state index in [1.807, 2.05) is 41.3 Å².